The average Bonchev–Trinajstić information content (AvgIpc) is 2.53. The van der Waals surface area contributed by atoms with Crippen LogP contribution in [0.2, 0.25) is 0 Å². The van der Waals surface area contributed by atoms with Crippen molar-refractivity contribution in [2.24, 2.45) is 0 Å². The van der Waals surface area contributed by atoms with Crippen LogP contribution >= 0.6 is 18.4 Å². The third-order valence-electron chi connectivity index (χ3n) is 2.41. The standard InChI is InChI=1S/C14H14O2S2Se2/c1-15-11-3-7-13(8-4-11)19-17-18-20-14-9-5-12(16-2)6-10-14/h3-10H,1-2H3. The van der Waals surface area contributed by atoms with Crippen LogP contribution in [0, 0.1) is 0 Å². The summed E-state index contributed by atoms with van der Waals surface area (Å²) in [7, 11) is 7.31. The molecular formula is C14H14O2S2Se2. The van der Waals surface area contributed by atoms with Crippen molar-refractivity contribution in [2.75, 3.05) is 14.2 Å². The molecule has 106 valence electrons. The molecule has 0 bridgehead atoms. The van der Waals surface area contributed by atoms with Crippen molar-refractivity contribution in [3.8, 4) is 11.5 Å². The van der Waals surface area contributed by atoms with Gasteiger partial charge in [-0.3, -0.25) is 0 Å². The van der Waals surface area contributed by atoms with Gasteiger partial charge in [0.1, 0.15) is 0 Å². The zero-order valence-electron chi connectivity index (χ0n) is 11.1. The van der Waals surface area contributed by atoms with Gasteiger partial charge in [-0.25, -0.2) is 0 Å². The molecule has 0 heterocycles. The van der Waals surface area contributed by atoms with Gasteiger partial charge in [0, 0.05) is 0 Å². The third-order valence-corrected chi connectivity index (χ3v) is 16.2. The van der Waals surface area contributed by atoms with Crippen molar-refractivity contribution < 1.29 is 9.47 Å². The molecule has 0 unspecified atom stereocenters. The van der Waals surface area contributed by atoms with Crippen molar-refractivity contribution >= 4 is 55.0 Å². The van der Waals surface area contributed by atoms with Crippen molar-refractivity contribution in [1.82, 2.24) is 0 Å². The number of benzene rings is 2. The van der Waals surface area contributed by atoms with E-state index in [2.05, 4.69) is 24.3 Å². The van der Waals surface area contributed by atoms with E-state index in [1.807, 2.05) is 42.7 Å². The fraction of sp³-hybridized carbons (Fsp3) is 0.143. The van der Waals surface area contributed by atoms with Crippen LogP contribution in [0.25, 0.3) is 0 Å². The molecule has 0 radical (unpaired) electrons. The molecule has 6 heteroatoms. The van der Waals surface area contributed by atoms with Crippen molar-refractivity contribution in [1.29, 1.82) is 0 Å². The SMILES string of the molecule is COc1ccc([Se]SS[Se]c2ccc(OC)cc2)cc1. The van der Waals surface area contributed by atoms with E-state index in [0.29, 0.717) is 27.7 Å². The molecule has 0 N–H and O–H groups in total. The van der Waals surface area contributed by atoms with Crippen LogP contribution in [0.3, 0.4) is 0 Å². The molecule has 0 fully saturated rings. The molecule has 20 heavy (non-hydrogen) atoms. The summed E-state index contributed by atoms with van der Waals surface area (Å²) in [5.74, 6) is 1.84. The Morgan fingerprint density at radius 1 is 0.650 bits per heavy atom. The second-order valence-electron chi connectivity index (χ2n) is 3.65. The van der Waals surface area contributed by atoms with Crippen LogP contribution in [0.5, 0.6) is 11.5 Å². The molecule has 2 aromatic rings. The normalized spacial score (nSPS) is 10.3. The summed E-state index contributed by atoms with van der Waals surface area (Å²) in [5, 5.41) is 0. The molecule has 2 nitrogen and oxygen atoms in total. The predicted octanol–water partition coefficient (Wildman–Crippen LogP) is 2.27. The third kappa shape index (κ3) is 5.28. The van der Waals surface area contributed by atoms with E-state index in [1.165, 1.54) is 8.92 Å². The van der Waals surface area contributed by atoms with Gasteiger partial charge in [-0.05, 0) is 0 Å². The Morgan fingerprint density at radius 3 is 1.30 bits per heavy atom. The Bertz CT molecular complexity index is 468. The van der Waals surface area contributed by atoms with Crippen LogP contribution < -0.4 is 18.4 Å². The molecular weight excluding hydrogens is 422 g/mol. The Morgan fingerprint density at radius 2 is 1.00 bits per heavy atom. The molecule has 0 aromatic heterocycles. The van der Waals surface area contributed by atoms with Crippen LogP contribution in [-0.2, 0) is 0 Å². The number of ether oxygens (including phenoxy) is 2. The summed E-state index contributed by atoms with van der Waals surface area (Å²) in [5.41, 5.74) is 0. The average molecular weight is 436 g/mol. The first-order chi connectivity index (χ1) is 9.81. The van der Waals surface area contributed by atoms with Gasteiger partial charge in [0.05, 0.1) is 0 Å². The van der Waals surface area contributed by atoms with Crippen LogP contribution in [0.4, 0.5) is 0 Å². The minimum absolute atomic E-state index is 0.450. The van der Waals surface area contributed by atoms with E-state index in [0.717, 1.165) is 11.5 Å². The Balaban J connectivity index is 1.72. The van der Waals surface area contributed by atoms with Gasteiger partial charge in [-0.1, -0.05) is 0 Å². The second-order valence-corrected chi connectivity index (χ2v) is 14.3. The summed E-state index contributed by atoms with van der Waals surface area (Å²) < 4.78 is 13.1. The van der Waals surface area contributed by atoms with Crippen LogP contribution in [-0.4, -0.2) is 41.9 Å². The van der Waals surface area contributed by atoms with E-state index >= 15 is 0 Å². The number of hydrogen-bond acceptors (Lipinski definition) is 4. The van der Waals surface area contributed by atoms with Gasteiger partial charge in [0.15, 0.2) is 0 Å². The molecule has 0 amide bonds. The fourth-order valence-corrected chi connectivity index (χ4v) is 13.9. The Kier molecular flexibility index (Phi) is 7.21. The molecule has 0 saturated heterocycles. The molecule has 0 spiro atoms. The number of rotatable bonds is 7. The molecule has 0 aliphatic rings. The number of methoxy groups -OCH3 is 2. The molecule has 0 atom stereocenters. The minimum atomic E-state index is 0.450. The van der Waals surface area contributed by atoms with Crippen molar-refractivity contribution in [2.45, 2.75) is 0 Å². The van der Waals surface area contributed by atoms with Gasteiger partial charge in [0.2, 0.25) is 0 Å². The van der Waals surface area contributed by atoms with E-state index in [1.54, 1.807) is 14.2 Å². The van der Waals surface area contributed by atoms with E-state index in [9.17, 15) is 0 Å². The number of hydrogen-bond donors (Lipinski definition) is 0. The summed E-state index contributed by atoms with van der Waals surface area (Å²) in [6, 6.07) is 16.7. The zero-order valence-corrected chi connectivity index (χ0v) is 16.1. The maximum atomic E-state index is 5.16. The summed E-state index contributed by atoms with van der Waals surface area (Å²) >= 11 is 0.899. The first kappa shape index (κ1) is 16.2. The van der Waals surface area contributed by atoms with Crippen molar-refractivity contribution in [3.63, 3.8) is 0 Å². The topological polar surface area (TPSA) is 18.5 Å². The van der Waals surface area contributed by atoms with Gasteiger partial charge < -0.3 is 0 Å². The summed E-state index contributed by atoms with van der Waals surface area (Å²) in [4.78, 5) is 0. The first-order valence-electron chi connectivity index (χ1n) is 5.78. The predicted molar refractivity (Wildman–Crippen MR) is 91.9 cm³/mol. The van der Waals surface area contributed by atoms with Gasteiger partial charge >= 0.3 is 139 Å². The van der Waals surface area contributed by atoms with E-state index < -0.39 is 0 Å². The maximum absolute atomic E-state index is 5.16. The molecule has 0 aliphatic heterocycles. The Hall–Kier alpha value is -0.221. The molecule has 0 saturated carbocycles. The summed E-state index contributed by atoms with van der Waals surface area (Å²) in [6.45, 7) is 0. The Labute approximate surface area is 138 Å². The van der Waals surface area contributed by atoms with E-state index in [-0.39, 0.29) is 0 Å². The van der Waals surface area contributed by atoms with Gasteiger partial charge in [0.25, 0.3) is 0 Å². The molecule has 0 aliphatic carbocycles. The monoisotopic (exact) mass is 438 g/mol. The molecule has 2 aromatic carbocycles. The summed E-state index contributed by atoms with van der Waals surface area (Å²) in [6.07, 6.45) is 0. The van der Waals surface area contributed by atoms with Crippen LogP contribution in [0.1, 0.15) is 0 Å². The first-order valence-corrected chi connectivity index (χ1v) is 13.7. The van der Waals surface area contributed by atoms with Crippen LogP contribution in [0.15, 0.2) is 48.5 Å². The van der Waals surface area contributed by atoms with E-state index in [4.69, 9.17) is 9.47 Å². The second kappa shape index (κ2) is 8.93. The van der Waals surface area contributed by atoms with Gasteiger partial charge in [-0.15, -0.1) is 0 Å². The quantitative estimate of drug-likeness (QED) is 0.377. The molecule has 2 rings (SSSR count). The fourth-order valence-electron chi connectivity index (χ4n) is 1.37. The van der Waals surface area contributed by atoms with Crippen molar-refractivity contribution in [3.05, 3.63) is 48.5 Å². The zero-order chi connectivity index (χ0) is 14.2. The van der Waals surface area contributed by atoms with Gasteiger partial charge in [-0.2, -0.15) is 0 Å².